The van der Waals surface area contributed by atoms with Gasteiger partial charge >= 0.3 is 0 Å². The van der Waals surface area contributed by atoms with Crippen molar-refractivity contribution in [2.24, 2.45) is 5.73 Å². The lowest BCUT2D eigenvalue weighted by Gasteiger charge is -2.33. The van der Waals surface area contributed by atoms with Crippen LogP contribution in [-0.4, -0.2) is 68.8 Å². The van der Waals surface area contributed by atoms with E-state index in [2.05, 4.69) is 36.9 Å². The van der Waals surface area contributed by atoms with Crippen LogP contribution in [0.5, 0.6) is 0 Å². The molecule has 3 aromatic rings. The van der Waals surface area contributed by atoms with Crippen LogP contribution in [0.15, 0.2) is 36.9 Å². The van der Waals surface area contributed by atoms with E-state index >= 15 is 0 Å². The second kappa shape index (κ2) is 7.24. The summed E-state index contributed by atoms with van der Waals surface area (Å²) in [5.41, 5.74) is 13.8. The van der Waals surface area contributed by atoms with Gasteiger partial charge in [-0.2, -0.15) is 5.10 Å². The number of nitrogens with two attached hydrogens (primary N) is 2. The van der Waals surface area contributed by atoms with Crippen molar-refractivity contribution in [3.05, 3.63) is 42.5 Å². The standard InChI is InChI=1S/C18H21N9O/c1-25-4-6-26(7-5-25)13-2-3-14(21-9-13)15-10-22-16(19)18(24-15)27-11-12(8-23-27)17(20)28/h2-3,8-11H,4-7H2,1H3,(H2,19,22)(H2,20,28). The van der Waals surface area contributed by atoms with E-state index in [1.165, 1.54) is 17.1 Å². The molecular formula is C18H21N9O. The van der Waals surface area contributed by atoms with Crippen LogP contribution in [0, 0.1) is 0 Å². The van der Waals surface area contributed by atoms with Crippen LogP contribution in [0.4, 0.5) is 11.5 Å². The molecule has 144 valence electrons. The van der Waals surface area contributed by atoms with Crippen LogP contribution in [0.2, 0.25) is 0 Å². The fourth-order valence-electron chi connectivity index (χ4n) is 3.04. The topological polar surface area (TPSA) is 132 Å². The van der Waals surface area contributed by atoms with E-state index in [0.29, 0.717) is 17.2 Å². The van der Waals surface area contributed by atoms with Crippen molar-refractivity contribution in [3.8, 4) is 17.2 Å². The molecule has 1 saturated heterocycles. The van der Waals surface area contributed by atoms with Gasteiger partial charge in [-0.1, -0.05) is 0 Å². The number of rotatable bonds is 4. The average Bonchev–Trinajstić information content (AvgIpc) is 3.20. The maximum atomic E-state index is 11.3. The highest BCUT2D eigenvalue weighted by atomic mass is 16.1. The zero-order valence-electron chi connectivity index (χ0n) is 15.5. The molecule has 28 heavy (non-hydrogen) atoms. The molecule has 0 saturated carbocycles. The molecule has 1 amide bonds. The summed E-state index contributed by atoms with van der Waals surface area (Å²) in [4.78, 5) is 29.1. The maximum absolute atomic E-state index is 11.3. The van der Waals surface area contributed by atoms with Crippen molar-refractivity contribution in [2.75, 3.05) is 43.9 Å². The Morgan fingerprint density at radius 1 is 1.04 bits per heavy atom. The van der Waals surface area contributed by atoms with Crippen LogP contribution in [0.1, 0.15) is 10.4 Å². The summed E-state index contributed by atoms with van der Waals surface area (Å²) in [7, 11) is 2.13. The molecule has 1 aliphatic heterocycles. The van der Waals surface area contributed by atoms with Crippen molar-refractivity contribution in [1.82, 2.24) is 29.6 Å². The van der Waals surface area contributed by atoms with E-state index in [-0.39, 0.29) is 11.4 Å². The number of hydrogen-bond acceptors (Lipinski definition) is 8. The highest BCUT2D eigenvalue weighted by molar-refractivity contribution is 5.92. The van der Waals surface area contributed by atoms with Crippen molar-refractivity contribution in [1.29, 1.82) is 0 Å². The monoisotopic (exact) mass is 379 g/mol. The second-order valence-corrected chi connectivity index (χ2v) is 6.69. The lowest BCUT2D eigenvalue weighted by molar-refractivity contribution is 0.100. The van der Waals surface area contributed by atoms with Gasteiger partial charge in [0.25, 0.3) is 5.91 Å². The lowest BCUT2D eigenvalue weighted by Crippen LogP contribution is -2.44. The van der Waals surface area contributed by atoms with E-state index in [0.717, 1.165) is 31.9 Å². The Morgan fingerprint density at radius 2 is 1.82 bits per heavy atom. The molecule has 10 nitrogen and oxygen atoms in total. The highest BCUT2D eigenvalue weighted by Gasteiger charge is 2.16. The number of aromatic nitrogens is 5. The predicted molar refractivity (Wildman–Crippen MR) is 105 cm³/mol. The first-order valence-corrected chi connectivity index (χ1v) is 8.88. The fourth-order valence-corrected chi connectivity index (χ4v) is 3.04. The molecule has 0 atom stereocenters. The summed E-state index contributed by atoms with van der Waals surface area (Å²) in [5.74, 6) is -0.0676. The fraction of sp³-hybridized carbons (Fsp3) is 0.278. The molecule has 1 aliphatic rings. The molecule has 0 aliphatic carbocycles. The third-order valence-corrected chi connectivity index (χ3v) is 4.74. The highest BCUT2D eigenvalue weighted by Crippen LogP contribution is 2.22. The van der Waals surface area contributed by atoms with E-state index in [1.807, 2.05) is 18.3 Å². The number of likely N-dealkylation sites (N-methyl/N-ethyl adjacent to an activating group) is 1. The Labute approximate surface area is 161 Å². The summed E-state index contributed by atoms with van der Waals surface area (Å²) in [6.07, 6.45) is 6.24. The molecule has 4 rings (SSSR count). The summed E-state index contributed by atoms with van der Waals surface area (Å²) in [6.45, 7) is 4.02. The van der Waals surface area contributed by atoms with Gasteiger partial charge in [0.05, 0.1) is 35.5 Å². The Hall–Kier alpha value is -3.53. The molecule has 0 spiro atoms. The second-order valence-electron chi connectivity index (χ2n) is 6.69. The molecule has 3 aromatic heterocycles. The Balaban J connectivity index is 1.60. The molecule has 0 unspecified atom stereocenters. The van der Waals surface area contributed by atoms with Crippen molar-refractivity contribution in [2.45, 2.75) is 0 Å². The van der Waals surface area contributed by atoms with Gasteiger partial charge in [-0.25, -0.2) is 14.6 Å². The van der Waals surface area contributed by atoms with Gasteiger partial charge in [-0.05, 0) is 19.2 Å². The summed E-state index contributed by atoms with van der Waals surface area (Å²) < 4.78 is 1.38. The first-order chi connectivity index (χ1) is 13.5. The number of pyridine rings is 1. The van der Waals surface area contributed by atoms with Crippen LogP contribution >= 0.6 is 0 Å². The summed E-state index contributed by atoms with van der Waals surface area (Å²) >= 11 is 0. The molecule has 10 heteroatoms. The third-order valence-electron chi connectivity index (χ3n) is 4.74. The number of hydrogen-bond donors (Lipinski definition) is 2. The van der Waals surface area contributed by atoms with Crippen LogP contribution in [-0.2, 0) is 0 Å². The largest absolute Gasteiger partial charge is 0.381 e. The van der Waals surface area contributed by atoms with E-state index < -0.39 is 5.91 Å². The number of amides is 1. The Bertz CT molecular complexity index is 991. The van der Waals surface area contributed by atoms with E-state index in [9.17, 15) is 4.79 Å². The molecular weight excluding hydrogens is 358 g/mol. The number of carbonyl (C=O) groups excluding carboxylic acids is 1. The lowest BCUT2D eigenvalue weighted by atomic mass is 10.2. The molecule has 0 bridgehead atoms. The number of carbonyl (C=O) groups is 1. The average molecular weight is 379 g/mol. The summed E-state index contributed by atoms with van der Waals surface area (Å²) in [5, 5.41) is 4.09. The van der Waals surface area contributed by atoms with Crippen LogP contribution in [0.25, 0.3) is 17.2 Å². The van der Waals surface area contributed by atoms with E-state index in [4.69, 9.17) is 11.5 Å². The quantitative estimate of drug-likeness (QED) is 0.655. The first-order valence-electron chi connectivity index (χ1n) is 8.88. The van der Waals surface area contributed by atoms with Gasteiger partial charge in [-0.15, -0.1) is 0 Å². The minimum Gasteiger partial charge on any atom is -0.381 e. The van der Waals surface area contributed by atoms with Crippen LogP contribution < -0.4 is 16.4 Å². The Morgan fingerprint density at radius 3 is 2.46 bits per heavy atom. The molecule has 4 N–H and O–H groups in total. The van der Waals surface area contributed by atoms with E-state index in [1.54, 1.807) is 6.20 Å². The molecule has 0 aromatic carbocycles. The maximum Gasteiger partial charge on any atom is 0.251 e. The third kappa shape index (κ3) is 3.49. The zero-order valence-corrected chi connectivity index (χ0v) is 15.5. The summed E-state index contributed by atoms with van der Waals surface area (Å²) in [6, 6.07) is 3.94. The van der Waals surface area contributed by atoms with Crippen molar-refractivity contribution in [3.63, 3.8) is 0 Å². The predicted octanol–water partition coefficient (Wildman–Crippen LogP) is 0.157. The van der Waals surface area contributed by atoms with Gasteiger partial charge in [0.15, 0.2) is 11.6 Å². The van der Waals surface area contributed by atoms with Crippen molar-refractivity contribution < 1.29 is 4.79 Å². The first kappa shape index (κ1) is 17.9. The number of anilines is 2. The SMILES string of the molecule is CN1CCN(c2ccc(-c3cnc(N)c(-n4cc(C(N)=O)cn4)n3)nc2)CC1. The van der Waals surface area contributed by atoms with Gasteiger partial charge in [0.1, 0.15) is 5.69 Å². The number of primary amides is 1. The normalized spacial score (nSPS) is 15.0. The minimum absolute atomic E-state index is 0.192. The van der Waals surface area contributed by atoms with Gasteiger partial charge in [-0.3, -0.25) is 9.78 Å². The molecule has 0 radical (unpaired) electrons. The van der Waals surface area contributed by atoms with Crippen molar-refractivity contribution >= 4 is 17.4 Å². The van der Waals surface area contributed by atoms with Crippen LogP contribution in [0.3, 0.4) is 0 Å². The number of nitrogens with zero attached hydrogens (tertiary/aromatic N) is 7. The van der Waals surface area contributed by atoms with Gasteiger partial charge in [0, 0.05) is 32.4 Å². The molecule has 4 heterocycles. The molecule has 1 fully saturated rings. The minimum atomic E-state index is -0.574. The smallest absolute Gasteiger partial charge is 0.251 e. The zero-order chi connectivity index (χ0) is 19.7. The Kier molecular flexibility index (Phi) is 4.62. The number of nitrogen functional groups attached to an aromatic ring is 1. The van der Waals surface area contributed by atoms with Gasteiger partial charge in [0.2, 0.25) is 0 Å². The van der Waals surface area contributed by atoms with Gasteiger partial charge < -0.3 is 21.3 Å². The number of piperazine rings is 1.